The van der Waals surface area contributed by atoms with Crippen molar-refractivity contribution in [3.8, 4) is 5.75 Å². The molecule has 2 saturated heterocycles. The Kier molecular flexibility index (Phi) is 3.79. The molecule has 3 spiro atoms. The van der Waals surface area contributed by atoms with Gasteiger partial charge < -0.3 is 19.3 Å². The van der Waals surface area contributed by atoms with Crippen molar-refractivity contribution in [2.45, 2.75) is 48.8 Å². The minimum atomic E-state index is -1.22. The highest BCUT2D eigenvalue weighted by Gasteiger charge is 2.86. The summed E-state index contributed by atoms with van der Waals surface area (Å²) in [6.07, 6.45) is 4.98. The molecule has 1 N–H and O–H groups in total. The minimum absolute atomic E-state index is 0.455. The molecule has 8 heteroatoms. The second-order valence-corrected chi connectivity index (χ2v) is 9.67. The molecule has 3 aliphatic heterocycles. The number of benzene rings is 1. The highest BCUT2D eigenvalue weighted by molar-refractivity contribution is 6.03. The lowest BCUT2D eigenvalue weighted by atomic mass is 9.40. The van der Waals surface area contributed by atoms with Gasteiger partial charge in [-0.25, -0.2) is 9.59 Å². The van der Waals surface area contributed by atoms with E-state index in [0.717, 1.165) is 24.9 Å². The smallest absolute Gasteiger partial charge is 0.414 e. The second kappa shape index (κ2) is 6.05. The van der Waals surface area contributed by atoms with Crippen LogP contribution < -0.4 is 9.64 Å². The van der Waals surface area contributed by atoms with Crippen LogP contribution in [0.15, 0.2) is 29.8 Å². The first kappa shape index (κ1) is 20.1. The van der Waals surface area contributed by atoms with Gasteiger partial charge in [-0.05, 0) is 55.9 Å². The minimum Gasteiger partial charge on any atom is -0.497 e. The molecule has 1 saturated carbocycles. The van der Waals surface area contributed by atoms with Crippen molar-refractivity contribution in [2.75, 3.05) is 39.3 Å². The zero-order valence-corrected chi connectivity index (χ0v) is 18.6. The van der Waals surface area contributed by atoms with Crippen LogP contribution in [-0.4, -0.2) is 67.8 Å². The van der Waals surface area contributed by atoms with E-state index in [9.17, 15) is 14.7 Å². The third-order valence-electron chi connectivity index (χ3n) is 9.11. The molecule has 7 rings (SSSR count). The number of carbonyl (C=O) groups excluding carboxylic acids is 2. The second-order valence-electron chi connectivity index (χ2n) is 9.67. The summed E-state index contributed by atoms with van der Waals surface area (Å²) in [5.74, 6) is 0.195. The number of aliphatic hydroxyl groups is 1. The molecule has 0 radical (unpaired) electrons. The van der Waals surface area contributed by atoms with Crippen LogP contribution in [0.4, 0.5) is 10.5 Å². The summed E-state index contributed by atoms with van der Waals surface area (Å²) in [4.78, 5) is 30.4. The largest absolute Gasteiger partial charge is 0.497 e. The van der Waals surface area contributed by atoms with Gasteiger partial charge in [0.15, 0.2) is 0 Å². The molecular formula is C24H28N2O6. The number of methoxy groups -OCH3 is 3. The average molecular weight is 440 g/mol. The van der Waals surface area contributed by atoms with E-state index in [1.54, 1.807) is 18.1 Å². The number of fused-ring (bicyclic) bond motifs is 2. The van der Waals surface area contributed by atoms with Gasteiger partial charge in [0.25, 0.3) is 0 Å². The molecule has 1 aromatic rings. The Balaban J connectivity index is 1.77. The first-order valence-corrected chi connectivity index (χ1v) is 11.2. The zero-order valence-electron chi connectivity index (χ0n) is 18.6. The number of nitrogens with zero attached hydrogens (tertiary/aromatic N) is 2. The Bertz CT molecular complexity index is 1090. The van der Waals surface area contributed by atoms with Crippen molar-refractivity contribution in [2.24, 2.45) is 5.41 Å². The molecule has 1 amide bonds. The van der Waals surface area contributed by atoms with Gasteiger partial charge in [-0.15, -0.1) is 0 Å². The fraction of sp³-hybridized carbons (Fsp3) is 0.583. The number of anilines is 1. The topological polar surface area (TPSA) is 88.5 Å². The van der Waals surface area contributed by atoms with Gasteiger partial charge in [0, 0.05) is 18.5 Å². The highest BCUT2D eigenvalue weighted by atomic mass is 16.5. The summed E-state index contributed by atoms with van der Waals surface area (Å²) in [6.45, 7) is 1.48. The Hall–Kier alpha value is -2.58. The van der Waals surface area contributed by atoms with Crippen LogP contribution >= 0.6 is 0 Å². The third-order valence-corrected chi connectivity index (χ3v) is 9.11. The number of ether oxygens (including phenoxy) is 3. The van der Waals surface area contributed by atoms with Crippen molar-refractivity contribution < 1.29 is 28.9 Å². The summed E-state index contributed by atoms with van der Waals surface area (Å²) < 4.78 is 16.1. The van der Waals surface area contributed by atoms with Gasteiger partial charge in [0.2, 0.25) is 0 Å². The van der Waals surface area contributed by atoms with Crippen molar-refractivity contribution in [3.05, 3.63) is 35.4 Å². The Labute approximate surface area is 186 Å². The molecular weight excluding hydrogens is 412 g/mol. The molecule has 6 aliphatic rings. The van der Waals surface area contributed by atoms with Gasteiger partial charge in [0.05, 0.1) is 43.5 Å². The average Bonchev–Trinajstić information content (AvgIpc) is 3.27. The quantitative estimate of drug-likeness (QED) is 0.706. The number of esters is 1. The summed E-state index contributed by atoms with van der Waals surface area (Å²) in [6, 6.07) is 5.58. The van der Waals surface area contributed by atoms with Gasteiger partial charge in [-0.2, -0.15) is 0 Å². The standard InChI is InChI=1S/C24H28N2O6/c1-30-15-5-6-18-16(13-15)22-10-12-25-11-4-7-21(24(22,25)29)8-9-23(22,26(18)20(28)32-3)17(14-21)19(27)31-2/h5-6,13-14,29H,4,7-12H2,1-3H3/t21-,22+,23-,24-/m1/s1. The summed E-state index contributed by atoms with van der Waals surface area (Å²) >= 11 is 0. The maximum absolute atomic E-state index is 13.4. The molecule has 0 unspecified atom stereocenters. The number of carbonyl (C=O) groups is 2. The molecule has 8 nitrogen and oxygen atoms in total. The van der Waals surface area contributed by atoms with Crippen molar-refractivity contribution in [1.29, 1.82) is 0 Å². The first-order chi connectivity index (χ1) is 15.4. The molecule has 4 atom stereocenters. The van der Waals surface area contributed by atoms with Gasteiger partial charge in [-0.1, -0.05) is 6.08 Å². The fourth-order valence-corrected chi connectivity index (χ4v) is 8.13. The zero-order chi connectivity index (χ0) is 22.5. The summed E-state index contributed by atoms with van der Waals surface area (Å²) in [7, 11) is 4.32. The van der Waals surface area contributed by atoms with E-state index in [1.807, 2.05) is 18.2 Å². The van der Waals surface area contributed by atoms with E-state index in [2.05, 4.69) is 4.90 Å². The normalized spacial score (nSPS) is 38.5. The molecule has 1 aromatic carbocycles. The third kappa shape index (κ3) is 1.76. The van der Waals surface area contributed by atoms with Crippen LogP contribution in [0.1, 0.15) is 37.7 Å². The molecule has 3 heterocycles. The molecule has 32 heavy (non-hydrogen) atoms. The Morgan fingerprint density at radius 3 is 2.56 bits per heavy atom. The van der Waals surface area contributed by atoms with Crippen molar-refractivity contribution in [3.63, 3.8) is 0 Å². The fourth-order valence-electron chi connectivity index (χ4n) is 8.13. The molecule has 2 bridgehead atoms. The summed E-state index contributed by atoms with van der Waals surface area (Å²) in [5.41, 5.74) is -1.84. The predicted octanol–water partition coefficient (Wildman–Crippen LogP) is 2.34. The van der Waals surface area contributed by atoms with E-state index in [4.69, 9.17) is 14.2 Å². The lowest BCUT2D eigenvalue weighted by Crippen LogP contribution is -2.81. The Morgan fingerprint density at radius 2 is 1.84 bits per heavy atom. The van der Waals surface area contributed by atoms with Crippen LogP contribution in [0.25, 0.3) is 0 Å². The van der Waals surface area contributed by atoms with E-state index in [0.29, 0.717) is 42.8 Å². The lowest BCUT2D eigenvalue weighted by Gasteiger charge is -2.70. The number of hydrogen-bond donors (Lipinski definition) is 1. The predicted molar refractivity (Wildman–Crippen MR) is 114 cm³/mol. The van der Waals surface area contributed by atoms with Gasteiger partial charge in [-0.3, -0.25) is 9.80 Å². The number of amides is 1. The van der Waals surface area contributed by atoms with E-state index in [1.165, 1.54) is 14.2 Å². The van der Waals surface area contributed by atoms with E-state index in [-0.39, 0.29) is 0 Å². The van der Waals surface area contributed by atoms with Crippen LogP contribution in [0.3, 0.4) is 0 Å². The van der Waals surface area contributed by atoms with Crippen LogP contribution in [-0.2, 0) is 19.7 Å². The maximum Gasteiger partial charge on any atom is 0.414 e. The monoisotopic (exact) mass is 440 g/mol. The SMILES string of the molecule is COC(=O)C1=C[C@@]23CCCN4CC[C@@]5(c6cc(OC)ccc6N(C(=O)OC)[C@]15CC2)[C@@]43O. The number of rotatable bonds is 2. The van der Waals surface area contributed by atoms with Gasteiger partial charge >= 0.3 is 12.1 Å². The van der Waals surface area contributed by atoms with Gasteiger partial charge in [0.1, 0.15) is 11.5 Å². The highest BCUT2D eigenvalue weighted by Crippen LogP contribution is 2.77. The van der Waals surface area contributed by atoms with Crippen molar-refractivity contribution >= 4 is 17.7 Å². The molecule has 3 aliphatic carbocycles. The van der Waals surface area contributed by atoms with E-state index >= 15 is 0 Å². The Morgan fingerprint density at radius 1 is 1.03 bits per heavy atom. The summed E-state index contributed by atoms with van der Waals surface area (Å²) in [5, 5.41) is 12.8. The molecule has 170 valence electrons. The van der Waals surface area contributed by atoms with Crippen LogP contribution in [0.2, 0.25) is 0 Å². The van der Waals surface area contributed by atoms with Crippen molar-refractivity contribution in [1.82, 2.24) is 4.90 Å². The van der Waals surface area contributed by atoms with E-state index < -0.39 is 34.2 Å². The lowest BCUT2D eigenvalue weighted by molar-refractivity contribution is -0.251. The molecule has 3 fully saturated rings. The maximum atomic E-state index is 13.4. The van der Waals surface area contributed by atoms with Crippen LogP contribution in [0, 0.1) is 5.41 Å². The molecule has 0 aromatic heterocycles. The number of piperidine rings is 1. The van der Waals surface area contributed by atoms with Crippen LogP contribution in [0.5, 0.6) is 5.75 Å². The number of hydrogen-bond acceptors (Lipinski definition) is 7. The first-order valence-electron chi connectivity index (χ1n) is 11.2.